The number of nitriles is 1. The Labute approximate surface area is 131 Å². The maximum atomic E-state index is 11.8. The number of thiazole rings is 1. The summed E-state index contributed by atoms with van der Waals surface area (Å²) >= 11 is 1.34. The van der Waals surface area contributed by atoms with Gasteiger partial charge in [-0.3, -0.25) is 0 Å². The minimum atomic E-state index is -0.484. The minimum absolute atomic E-state index is 0.150. The monoisotopic (exact) mass is 318 g/mol. The van der Waals surface area contributed by atoms with E-state index in [0.29, 0.717) is 24.5 Å². The van der Waals surface area contributed by atoms with E-state index in [-0.39, 0.29) is 12.3 Å². The second-order valence-electron chi connectivity index (χ2n) is 4.13. The number of esters is 1. The van der Waals surface area contributed by atoms with Gasteiger partial charge in [0.15, 0.2) is 5.69 Å². The molecule has 2 aromatic rings. The summed E-state index contributed by atoms with van der Waals surface area (Å²) < 4.78 is 10.0. The molecule has 0 saturated carbocycles. The highest BCUT2D eigenvalue weighted by molar-refractivity contribution is 7.09. The van der Waals surface area contributed by atoms with E-state index in [4.69, 9.17) is 14.7 Å². The molecule has 0 aromatic carbocycles. The van der Waals surface area contributed by atoms with Crippen molar-refractivity contribution in [3.05, 3.63) is 40.0 Å². The fourth-order valence-corrected chi connectivity index (χ4v) is 2.35. The molecular formula is C14H14N4O3S. The fourth-order valence-electron chi connectivity index (χ4n) is 1.62. The minimum Gasteiger partial charge on any atom is -0.459 e. The maximum Gasteiger partial charge on any atom is 0.357 e. The number of methoxy groups -OCH3 is 1. The second kappa shape index (κ2) is 8.07. The summed E-state index contributed by atoms with van der Waals surface area (Å²) in [6, 6.07) is 5.38. The molecule has 0 amide bonds. The highest BCUT2D eigenvalue weighted by Crippen LogP contribution is 2.12. The molecule has 0 bridgehead atoms. The summed E-state index contributed by atoms with van der Waals surface area (Å²) in [6.07, 6.45) is 1.59. The van der Waals surface area contributed by atoms with Crippen molar-refractivity contribution < 1.29 is 14.3 Å². The van der Waals surface area contributed by atoms with Crippen molar-refractivity contribution in [3.8, 4) is 6.07 Å². The lowest BCUT2D eigenvalue weighted by Gasteiger charge is -2.07. The lowest BCUT2D eigenvalue weighted by Crippen LogP contribution is -2.15. The molecule has 0 spiro atoms. The van der Waals surface area contributed by atoms with E-state index in [1.165, 1.54) is 11.3 Å². The Bertz CT molecular complexity index is 681. The van der Waals surface area contributed by atoms with Crippen LogP contribution < -0.4 is 5.32 Å². The Hall–Kier alpha value is -2.50. The van der Waals surface area contributed by atoms with Gasteiger partial charge in [-0.05, 0) is 12.1 Å². The highest BCUT2D eigenvalue weighted by atomic mass is 32.1. The molecule has 0 aliphatic heterocycles. The molecule has 114 valence electrons. The van der Waals surface area contributed by atoms with Crippen molar-refractivity contribution >= 4 is 23.1 Å². The summed E-state index contributed by atoms with van der Waals surface area (Å²) in [5, 5.41) is 14.2. The number of anilines is 1. The normalized spacial score (nSPS) is 10.0. The first kappa shape index (κ1) is 15.9. The van der Waals surface area contributed by atoms with E-state index in [0.717, 1.165) is 5.01 Å². The first-order chi connectivity index (χ1) is 10.7. The molecule has 0 aliphatic carbocycles. The van der Waals surface area contributed by atoms with Crippen molar-refractivity contribution in [1.82, 2.24) is 9.97 Å². The van der Waals surface area contributed by atoms with Gasteiger partial charge in [-0.1, -0.05) is 0 Å². The molecule has 22 heavy (non-hydrogen) atoms. The summed E-state index contributed by atoms with van der Waals surface area (Å²) in [4.78, 5) is 19.9. The van der Waals surface area contributed by atoms with Crippen LogP contribution in [0.5, 0.6) is 0 Å². The number of nitrogens with zero attached hydrogens (tertiary/aromatic N) is 3. The quantitative estimate of drug-likeness (QED) is 0.614. The first-order valence-electron chi connectivity index (χ1n) is 6.44. The van der Waals surface area contributed by atoms with Crippen molar-refractivity contribution in [1.29, 1.82) is 5.26 Å². The lowest BCUT2D eigenvalue weighted by atomic mass is 10.3. The van der Waals surface area contributed by atoms with Crippen molar-refractivity contribution in [2.45, 2.75) is 6.61 Å². The van der Waals surface area contributed by atoms with E-state index in [9.17, 15) is 4.79 Å². The standard InChI is InChI=1S/C14H14N4O3S/c1-20-8-12-18-11(9-22-12)14(19)21-6-5-17-13-10(7-15)3-2-4-16-13/h2-4,9H,5-6,8H2,1H3,(H,16,17). The van der Waals surface area contributed by atoms with Crippen LogP contribution in [0.1, 0.15) is 21.1 Å². The molecule has 0 saturated heterocycles. The van der Waals surface area contributed by atoms with E-state index < -0.39 is 5.97 Å². The van der Waals surface area contributed by atoms with Crippen LogP contribution in [0.3, 0.4) is 0 Å². The third-order valence-corrected chi connectivity index (χ3v) is 3.41. The summed E-state index contributed by atoms with van der Waals surface area (Å²) in [5.74, 6) is -0.0148. The molecule has 2 aromatic heterocycles. The molecule has 2 rings (SSSR count). The highest BCUT2D eigenvalue weighted by Gasteiger charge is 2.12. The number of carbonyl (C=O) groups is 1. The zero-order valence-electron chi connectivity index (χ0n) is 11.9. The molecular weight excluding hydrogens is 304 g/mol. The zero-order valence-corrected chi connectivity index (χ0v) is 12.7. The van der Waals surface area contributed by atoms with Gasteiger partial charge in [0.1, 0.15) is 23.5 Å². The van der Waals surface area contributed by atoms with Gasteiger partial charge in [-0.15, -0.1) is 11.3 Å². The smallest absolute Gasteiger partial charge is 0.357 e. The van der Waals surface area contributed by atoms with Crippen LogP contribution in [0.4, 0.5) is 5.82 Å². The van der Waals surface area contributed by atoms with E-state index in [2.05, 4.69) is 15.3 Å². The van der Waals surface area contributed by atoms with Gasteiger partial charge < -0.3 is 14.8 Å². The third-order valence-electron chi connectivity index (χ3n) is 2.58. The molecule has 2 heterocycles. The van der Waals surface area contributed by atoms with Crippen LogP contribution in [-0.2, 0) is 16.1 Å². The number of hydrogen-bond donors (Lipinski definition) is 1. The summed E-state index contributed by atoms with van der Waals surface area (Å²) in [7, 11) is 1.57. The number of aromatic nitrogens is 2. The largest absolute Gasteiger partial charge is 0.459 e. The first-order valence-corrected chi connectivity index (χ1v) is 7.32. The zero-order chi connectivity index (χ0) is 15.8. The van der Waals surface area contributed by atoms with Gasteiger partial charge in [-0.2, -0.15) is 5.26 Å². The Kier molecular flexibility index (Phi) is 5.82. The van der Waals surface area contributed by atoms with Gasteiger partial charge in [0.05, 0.1) is 18.7 Å². The molecule has 7 nitrogen and oxygen atoms in total. The van der Waals surface area contributed by atoms with Crippen molar-refractivity contribution in [2.24, 2.45) is 0 Å². The predicted octanol–water partition coefficient (Wildman–Crippen LogP) is 1.83. The average Bonchev–Trinajstić information content (AvgIpc) is 3.01. The Morgan fingerprint density at radius 3 is 3.18 bits per heavy atom. The van der Waals surface area contributed by atoms with Gasteiger partial charge in [0.2, 0.25) is 0 Å². The summed E-state index contributed by atoms with van der Waals surface area (Å²) in [6.45, 7) is 0.875. The second-order valence-corrected chi connectivity index (χ2v) is 5.08. The van der Waals surface area contributed by atoms with E-state index >= 15 is 0 Å². The molecule has 0 unspecified atom stereocenters. The summed E-state index contributed by atoms with van der Waals surface area (Å²) in [5.41, 5.74) is 0.713. The Balaban J connectivity index is 1.78. The van der Waals surface area contributed by atoms with Crippen LogP contribution in [0.25, 0.3) is 0 Å². The SMILES string of the molecule is COCc1nc(C(=O)OCCNc2ncccc2C#N)cs1. The fraction of sp³-hybridized carbons (Fsp3) is 0.286. The molecule has 0 radical (unpaired) electrons. The predicted molar refractivity (Wildman–Crippen MR) is 80.6 cm³/mol. The van der Waals surface area contributed by atoms with E-state index in [1.807, 2.05) is 6.07 Å². The number of pyridine rings is 1. The maximum absolute atomic E-state index is 11.8. The molecule has 0 fully saturated rings. The van der Waals surface area contributed by atoms with Crippen molar-refractivity contribution in [3.63, 3.8) is 0 Å². The third kappa shape index (κ3) is 4.25. The number of nitrogens with one attached hydrogen (secondary N) is 1. The van der Waals surface area contributed by atoms with Gasteiger partial charge in [-0.25, -0.2) is 14.8 Å². The van der Waals surface area contributed by atoms with Crippen LogP contribution in [-0.4, -0.2) is 36.2 Å². The van der Waals surface area contributed by atoms with Gasteiger partial charge in [0, 0.05) is 18.7 Å². The molecule has 1 N–H and O–H groups in total. The molecule has 0 aliphatic rings. The van der Waals surface area contributed by atoms with Crippen LogP contribution in [0.15, 0.2) is 23.7 Å². The lowest BCUT2D eigenvalue weighted by molar-refractivity contribution is 0.0514. The topological polar surface area (TPSA) is 97.1 Å². The van der Waals surface area contributed by atoms with Gasteiger partial charge in [0.25, 0.3) is 0 Å². The molecule has 0 atom stereocenters. The Morgan fingerprint density at radius 1 is 1.55 bits per heavy atom. The number of hydrogen-bond acceptors (Lipinski definition) is 8. The van der Waals surface area contributed by atoms with E-state index in [1.54, 1.807) is 30.8 Å². The number of carbonyl (C=O) groups excluding carboxylic acids is 1. The molecule has 8 heteroatoms. The van der Waals surface area contributed by atoms with Gasteiger partial charge >= 0.3 is 5.97 Å². The van der Waals surface area contributed by atoms with Crippen LogP contribution in [0, 0.1) is 11.3 Å². The number of ether oxygens (including phenoxy) is 2. The van der Waals surface area contributed by atoms with Crippen LogP contribution >= 0.6 is 11.3 Å². The average molecular weight is 318 g/mol. The van der Waals surface area contributed by atoms with Crippen molar-refractivity contribution in [2.75, 3.05) is 25.6 Å². The number of rotatable bonds is 7. The Morgan fingerprint density at radius 2 is 2.41 bits per heavy atom. The van der Waals surface area contributed by atoms with Crippen LogP contribution in [0.2, 0.25) is 0 Å².